The summed E-state index contributed by atoms with van der Waals surface area (Å²) in [5, 5.41) is 0. The van der Waals surface area contributed by atoms with Gasteiger partial charge in [0.25, 0.3) is 20.2 Å². The molecule has 0 saturated heterocycles. The molecular weight excluding hydrogens is 544 g/mol. The van der Waals surface area contributed by atoms with E-state index in [0.29, 0.717) is 0 Å². The maximum absolute atomic E-state index is 12.3. The van der Waals surface area contributed by atoms with Gasteiger partial charge < -0.3 is 14.2 Å². The summed E-state index contributed by atoms with van der Waals surface area (Å²) in [5.41, 5.74) is 2.52. The molecule has 39 heavy (non-hydrogen) atoms. The first-order valence-electron chi connectivity index (χ1n) is 12.2. The van der Waals surface area contributed by atoms with Gasteiger partial charge in [0.05, 0.1) is 45.5 Å². The van der Waals surface area contributed by atoms with Crippen molar-refractivity contribution in [2.75, 3.05) is 25.7 Å². The topological polar surface area (TPSA) is 114 Å². The molecule has 0 N–H and O–H groups in total. The van der Waals surface area contributed by atoms with Crippen LogP contribution in [-0.2, 0) is 62.6 Å². The number of ether oxygens (including phenoxy) is 3. The highest BCUT2D eigenvalue weighted by Gasteiger charge is 2.36. The molecule has 0 aliphatic rings. The minimum Gasteiger partial charge on any atom is -0.374 e. The zero-order valence-electron chi connectivity index (χ0n) is 21.9. The van der Waals surface area contributed by atoms with Gasteiger partial charge in [-0.25, -0.2) is 0 Å². The van der Waals surface area contributed by atoms with Crippen LogP contribution >= 0.6 is 0 Å². The molecule has 0 heterocycles. The Bertz CT molecular complexity index is 1320. The summed E-state index contributed by atoms with van der Waals surface area (Å²) in [6, 6.07) is 27.9. The summed E-state index contributed by atoms with van der Waals surface area (Å²) in [7, 11) is -7.81. The lowest BCUT2D eigenvalue weighted by atomic mass is 10.1. The third kappa shape index (κ3) is 12.4. The third-order valence-corrected chi connectivity index (χ3v) is 6.62. The summed E-state index contributed by atoms with van der Waals surface area (Å²) in [5.74, 6) is 0. The van der Waals surface area contributed by atoms with Crippen LogP contribution in [0.5, 0.6) is 0 Å². The van der Waals surface area contributed by atoms with Crippen LogP contribution in [0.4, 0.5) is 0 Å². The molecule has 3 atom stereocenters. The molecular formula is C28H34O9S2. The highest BCUT2D eigenvalue weighted by molar-refractivity contribution is 7.86. The average molecular weight is 579 g/mol. The van der Waals surface area contributed by atoms with E-state index in [4.69, 9.17) is 22.6 Å². The van der Waals surface area contributed by atoms with Gasteiger partial charge in [0, 0.05) is 0 Å². The number of rotatable bonds is 17. The molecule has 0 fully saturated rings. The lowest BCUT2D eigenvalue weighted by Gasteiger charge is -2.32. The van der Waals surface area contributed by atoms with Crippen molar-refractivity contribution in [1.82, 2.24) is 0 Å². The summed E-state index contributed by atoms with van der Waals surface area (Å²) < 4.78 is 76.9. The van der Waals surface area contributed by atoms with Crippen molar-refractivity contribution in [2.45, 2.75) is 38.1 Å². The molecule has 1 unspecified atom stereocenters. The molecule has 0 aliphatic heterocycles. The second-order valence-electron chi connectivity index (χ2n) is 8.92. The van der Waals surface area contributed by atoms with Crippen LogP contribution in [0.15, 0.2) is 91.0 Å². The van der Waals surface area contributed by atoms with E-state index in [1.54, 1.807) is 0 Å². The van der Waals surface area contributed by atoms with E-state index in [-0.39, 0.29) is 26.4 Å². The second kappa shape index (κ2) is 15.2. The van der Waals surface area contributed by atoms with Gasteiger partial charge in [-0.05, 0) is 16.7 Å². The first-order valence-corrected chi connectivity index (χ1v) is 15.9. The molecule has 0 saturated carbocycles. The van der Waals surface area contributed by atoms with Crippen LogP contribution in [0.3, 0.4) is 0 Å². The van der Waals surface area contributed by atoms with E-state index in [1.807, 2.05) is 91.0 Å². The van der Waals surface area contributed by atoms with Crippen molar-refractivity contribution in [3.05, 3.63) is 108 Å². The Hall–Kier alpha value is -2.64. The molecule has 3 aromatic rings. The average Bonchev–Trinajstić information content (AvgIpc) is 2.90. The molecule has 0 aliphatic carbocycles. The minimum atomic E-state index is -3.96. The summed E-state index contributed by atoms with van der Waals surface area (Å²) in [6.45, 7) is -0.220. The predicted octanol–water partition coefficient (Wildman–Crippen LogP) is 3.70. The summed E-state index contributed by atoms with van der Waals surface area (Å²) in [6.07, 6.45) is -1.43. The molecule has 3 rings (SSSR count). The predicted molar refractivity (Wildman–Crippen MR) is 147 cm³/mol. The second-order valence-corrected chi connectivity index (χ2v) is 12.2. The third-order valence-electron chi connectivity index (χ3n) is 5.46. The van der Waals surface area contributed by atoms with Crippen LogP contribution < -0.4 is 0 Å². The Morgan fingerprint density at radius 1 is 0.564 bits per heavy atom. The van der Waals surface area contributed by atoms with Crippen LogP contribution in [-0.4, -0.2) is 60.9 Å². The molecule has 0 radical (unpaired) electrons. The molecule has 3 aromatic carbocycles. The molecule has 11 heteroatoms. The molecule has 212 valence electrons. The SMILES string of the molecule is CS(=O)(=O)OCC(OCc1ccccc1)[C@H](OCc1ccccc1)[C@@H](COCc1ccccc1)OS(C)(=O)=O. The van der Waals surface area contributed by atoms with Crippen LogP contribution in [0.2, 0.25) is 0 Å². The fourth-order valence-corrected chi connectivity index (χ4v) is 4.69. The largest absolute Gasteiger partial charge is 0.374 e. The zero-order valence-corrected chi connectivity index (χ0v) is 23.6. The first kappa shape index (κ1) is 30.9. The Morgan fingerprint density at radius 2 is 1.03 bits per heavy atom. The quantitative estimate of drug-likeness (QED) is 0.221. The van der Waals surface area contributed by atoms with Crippen LogP contribution in [0.25, 0.3) is 0 Å². The highest BCUT2D eigenvalue weighted by atomic mass is 32.2. The molecule has 0 spiro atoms. The van der Waals surface area contributed by atoms with E-state index in [0.717, 1.165) is 29.2 Å². The Kier molecular flexibility index (Phi) is 12.1. The van der Waals surface area contributed by atoms with E-state index in [2.05, 4.69) is 0 Å². The summed E-state index contributed by atoms with van der Waals surface area (Å²) >= 11 is 0. The Labute approximate surface area is 230 Å². The van der Waals surface area contributed by atoms with E-state index < -0.39 is 45.2 Å². The van der Waals surface area contributed by atoms with Crippen LogP contribution in [0, 0.1) is 0 Å². The van der Waals surface area contributed by atoms with Gasteiger partial charge in [-0.3, -0.25) is 8.37 Å². The normalized spacial score (nSPS) is 14.5. The van der Waals surface area contributed by atoms with Crippen molar-refractivity contribution >= 4 is 20.2 Å². The van der Waals surface area contributed by atoms with Crippen molar-refractivity contribution in [3.8, 4) is 0 Å². The van der Waals surface area contributed by atoms with E-state index >= 15 is 0 Å². The van der Waals surface area contributed by atoms with Gasteiger partial charge in [-0.1, -0.05) is 91.0 Å². The zero-order chi connectivity index (χ0) is 28.1. The highest BCUT2D eigenvalue weighted by Crippen LogP contribution is 2.20. The van der Waals surface area contributed by atoms with Gasteiger partial charge in [0.1, 0.15) is 18.3 Å². The molecule has 9 nitrogen and oxygen atoms in total. The standard InChI is InChI=1S/C28H34O9S2/c1-38(29,30)36-22-26(34-19-24-14-8-4-9-15-24)28(35-20-25-16-10-5-11-17-25)27(37-39(2,31)32)21-33-18-23-12-6-3-7-13-23/h3-17,26-28H,18-22H2,1-2H3/t26?,27-,28+/m1/s1. The first-order chi connectivity index (χ1) is 18.6. The maximum Gasteiger partial charge on any atom is 0.264 e. The smallest absolute Gasteiger partial charge is 0.264 e. The summed E-state index contributed by atoms with van der Waals surface area (Å²) in [4.78, 5) is 0. The van der Waals surface area contributed by atoms with Crippen LogP contribution in [0.1, 0.15) is 16.7 Å². The van der Waals surface area contributed by atoms with Gasteiger partial charge in [-0.15, -0.1) is 0 Å². The molecule has 0 bridgehead atoms. The van der Waals surface area contributed by atoms with Crippen molar-refractivity contribution in [3.63, 3.8) is 0 Å². The fraction of sp³-hybridized carbons (Fsp3) is 0.357. The fourth-order valence-electron chi connectivity index (χ4n) is 3.70. The van der Waals surface area contributed by atoms with Gasteiger partial charge in [0.2, 0.25) is 0 Å². The Balaban J connectivity index is 1.89. The number of hydrogen-bond acceptors (Lipinski definition) is 9. The number of benzene rings is 3. The lowest BCUT2D eigenvalue weighted by molar-refractivity contribution is -0.147. The van der Waals surface area contributed by atoms with E-state index in [1.165, 1.54) is 0 Å². The lowest BCUT2D eigenvalue weighted by Crippen LogP contribution is -2.48. The number of hydrogen-bond donors (Lipinski definition) is 0. The van der Waals surface area contributed by atoms with E-state index in [9.17, 15) is 16.8 Å². The van der Waals surface area contributed by atoms with Crippen molar-refractivity contribution < 1.29 is 39.4 Å². The maximum atomic E-state index is 12.3. The van der Waals surface area contributed by atoms with Gasteiger partial charge in [0.15, 0.2) is 0 Å². The molecule has 0 amide bonds. The van der Waals surface area contributed by atoms with Gasteiger partial charge >= 0.3 is 0 Å². The molecule has 0 aromatic heterocycles. The monoisotopic (exact) mass is 578 g/mol. The van der Waals surface area contributed by atoms with Crippen molar-refractivity contribution in [1.29, 1.82) is 0 Å². The Morgan fingerprint density at radius 3 is 1.49 bits per heavy atom. The van der Waals surface area contributed by atoms with Crippen molar-refractivity contribution in [2.24, 2.45) is 0 Å². The minimum absolute atomic E-state index is 0.0812. The van der Waals surface area contributed by atoms with Gasteiger partial charge in [-0.2, -0.15) is 16.8 Å².